The minimum absolute atomic E-state index is 0.0516. The van der Waals surface area contributed by atoms with Gasteiger partial charge in [0.15, 0.2) is 4.75 Å². The first-order chi connectivity index (χ1) is 8.92. The van der Waals surface area contributed by atoms with E-state index in [-0.39, 0.29) is 26.3 Å². The zero-order chi connectivity index (χ0) is 15.8. The first-order valence-electron chi connectivity index (χ1n) is 5.84. The van der Waals surface area contributed by atoms with Gasteiger partial charge in [-0.3, -0.25) is 4.55 Å². The highest BCUT2D eigenvalue weighted by atomic mass is 32.2. The summed E-state index contributed by atoms with van der Waals surface area (Å²) in [5, 5.41) is -4.65. The average molecular weight is 337 g/mol. The Balaban J connectivity index is 3.33. The molecule has 7 nitrogen and oxygen atoms in total. The summed E-state index contributed by atoms with van der Waals surface area (Å²) in [4.78, 5) is 0. The van der Waals surface area contributed by atoms with Gasteiger partial charge in [0.25, 0.3) is 20.1 Å². The number of morpholine rings is 1. The molecule has 0 aromatic heterocycles. The fraction of sp³-hybridized carbons (Fsp3) is 1.00. The Hall–Kier alpha value is -0.360. The molecule has 0 aliphatic carbocycles. The second kappa shape index (κ2) is 5.44. The van der Waals surface area contributed by atoms with Gasteiger partial charge < -0.3 is 4.74 Å². The van der Waals surface area contributed by atoms with Crippen molar-refractivity contribution in [1.29, 1.82) is 0 Å². The van der Waals surface area contributed by atoms with E-state index in [0.717, 1.165) is 6.92 Å². The maximum absolute atomic E-state index is 14.3. The van der Waals surface area contributed by atoms with E-state index in [1.165, 1.54) is 0 Å². The Morgan fingerprint density at radius 2 is 1.65 bits per heavy atom. The summed E-state index contributed by atoms with van der Waals surface area (Å²) < 4.78 is 86.4. The van der Waals surface area contributed by atoms with E-state index in [2.05, 4.69) is 0 Å². The van der Waals surface area contributed by atoms with E-state index in [1.807, 2.05) is 0 Å². The molecule has 1 rings (SSSR count). The molecule has 0 spiro atoms. The quantitative estimate of drug-likeness (QED) is 0.724. The van der Waals surface area contributed by atoms with Crippen molar-refractivity contribution in [2.24, 2.45) is 0 Å². The molecule has 0 radical (unpaired) electrons. The smallest absolute Gasteiger partial charge is 0.379 e. The van der Waals surface area contributed by atoms with Crippen LogP contribution in [0.5, 0.6) is 0 Å². The summed E-state index contributed by atoms with van der Waals surface area (Å²) in [5.41, 5.74) is 0. The predicted molar refractivity (Wildman–Crippen MR) is 66.5 cm³/mol. The molecule has 0 aromatic carbocycles. The first kappa shape index (κ1) is 17.7. The SMILES string of the molecule is CCC(C)(C(F)(F)S(=O)(=O)N1CCOCC1)S(=O)(=O)O. The monoisotopic (exact) mass is 337 g/mol. The fourth-order valence-corrected chi connectivity index (χ4v) is 4.70. The van der Waals surface area contributed by atoms with E-state index in [1.54, 1.807) is 0 Å². The van der Waals surface area contributed by atoms with Gasteiger partial charge in [-0.2, -0.15) is 21.5 Å². The Morgan fingerprint density at radius 3 is 2.00 bits per heavy atom. The zero-order valence-corrected chi connectivity index (χ0v) is 12.7. The van der Waals surface area contributed by atoms with Crippen molar-refractivity contribution >= 4 is 20.1 Å². The van der Waals surface area contributed by atoms with Gasteiger partial charge in [-0.05, 0) is 13.3 Å². The van der Waals surface area contributed by atoms with Crippen molar-refractivity contribution in [2.45, 2.75) is 30.3 Å². The van der Waals surface area contributed by atoms with Crippen LogP contribution in [-0.4, -0.2) is 62.0 Å². The number of rotatable bonds is 5. The molecule has 1 N–H and O–H groups in total. The largest absolute Gasteiger partial charge is 0.380 e. The molecule has 1 aliphatic rings. The maximum Gasteiger partial charge on any atom is 0.380 e. The number of halogens is 2. The molecule has 1 aliphatic heterocycles. The molecular weight excluding hydrogens is 320 g/mol. The summed E-state index contributed by atoms with van der Waals surface area (Å²) in [6.07, 6.45) is -0.762. The lowest BCUT2D eigenvalue weighted by atomic mass is 10.1. The van der Waals surface area contributed by atoms with Gasteiger partial charge in [0.2, 0.25) is 0 Å². The molecule has 0 bridgehead atoms. The van der Waals surface area contributed by atoms with Gasteiger partial charge in [0.1, 0.15) is 0 Å². The van der Waals surface area contributed by atoms with Gasteiger partial charge in [0, 0.05) is 13.1 Å². The van der Waals surface area contributed by atoms with Gasteiger partial charge in [-0.15, -0.1) is 0 Å². The number of hydrogen-bond acceptors (Lipinski definition) is 5. The second-order valence-corrected chi connectivity index (χ2v) is 8.42. The minimum atomic E-state index is -5.28. The van der Waals surface area contributed by atoms with E-state index in [0.29, 0.717) is 11.2 Å². The molecule has 20 heavy (non-hydrogen) atoms. The Bertz CT molecular complexity index is 555. The Kier molecular flexibility index (Phi) is 4.82. The van der Waals surface area contributed by atoms with Gasteiger partial charge in [0.05, 0.1) is 13.2 Å². The molecule has 120 valence electrons. The Labute approximate surface area is 116 Å². The van der Waals surface area contributed by atoms with Gasteiger partial charge in [-0.25, -0.2) is 8.42 Å². The van der Waals surface area contributed by atoms with Crippen LogP contribution in [0, 0.1) is 0 Å². The lowest BCUT2D eigenvalue weighted by molar-refractivity contribution is 0.0246. The van der Waals surface area contributed by atoms with Crippen molar-refractivity contribution in [3.63, 3.8) is 0 Å². The molecule has 0 aromatic rings. The number of sulfonamides is 1. The zero-order valence-electron chi connectivity index (χ0n) is 11.0. The average Bonchev–Trinajstić information content (AvgIpc) is 2.36. The van der Waals surface area contributed by atoms with E-state index in [4.69, 9.17) is 9.29 Å². The van der Waals surface area contributed by atoms with Crippen LogP contribution in [0.25, 0.3) is 0 Å². The van der Waals surface area contributed by atoms with Crippen molar-refractivity contribution in [1.82, 2.24) is 4.31 Å². The number of hydrogen-bond donors (Lipinski definition) is 1. The lowest BCUT2D eigenvalue weighted by Gasteiger charge is -2.37. The van der Waals surface area contributed by atoms with Crippen LogP contribution in [0.15, 0.2) is 0 Å². The standard InChI is InChI=1S/C9H17F2NO6S2/c1-3-8(2,20(15,16)17)9(10,11)19(13,14)12-4-6-18-7-5-12/h3-7H2,1-2H3,(H,15,16,17). The van der Waals surface area contributed by atoms with Crippen LogP contribution in [0.4, 0.5) is 8.78 Å². The van der Waals surface area contributed by atoms with Crippen LogP contribution >= 0.6 is 0 Å². The number of alkyl halides is 2. The van der Waals surface area contributed by atoms with Crippen LogP contribution < -0.4 is 0 Å². The lowest BCUT2D eigenvalue weighted by Crippen LogP contribution is -2.60. The summed E-state index contributed by atoms with van der Waals surface area (Å²) in [6.45, 7) is 0.900. The van der Waals surface area contributed by atoms with Gasteiger partial charge >= 0.3 is 5.25 Å². The molecule has 1 unspecified atom stereocenters. The van der Waals surface area contributed by atoms with Crippen LogP contribution in [0.3, 0.4) is 0 Å². The number of ether oxygens (including phenoxy) is 1. The predicted octanol–water partition coefficient (Wildman–Crippen LogP) is 0.298. The van der Waals surface area contributed by atoms with Crippen molar-refractivity contribution < 1.29 is 34.9 Å². The van der Waals surface area contributed by atoms with Crippen molar-refractivity contribution in [3.05, 3.63) is 0 Å². The maximum atomic E-state index is 14.3. The fourth-order valence-electron chi connectivity index (χ4n) is 1.76. The summed E-state index contributed by atoms with van der Waals surface area (Å²) >= 11 is 0. The Morgan fingerprint density at radius 1 is 1.20 bits per heavy atom. The third-order valence-corrected chi connectivity index (χ3v) is 7.45. The molecule has 0 saturated carbocycles. The molecular formula is C9H17F2NO6S2. The molecule has 11 heteroatoms. The minimum Gasteiger partial charge on any atom is -0.379 e. The first-order valence-corrected chi connectivity index (χ1v) is 8.72. The molecule has 1 atom stereocenters. The molecule has 1 fully saturated rings. The van der Waals surface area contributed by atoms with E-state index in [9.17, 15) is 25.6 Å². The third kappa shape index (κ3) is 2.56. The molecule has 1 saturated heterocycles. The number of nitrogens with zero attached hydrogens (tertiary/aromatic N) is 1. The molecule has 0 amide bonds. The van der Waals surface area contributed by atoms with E-state index >= 15 is 0 Å². The molecule has 1 heterocycles. The summed E-state index contributed by atoms with van der Waals surface area (Å²) in [6, 6.07) is 0. The van der Waals surface area contributed by atoms with Crippen LogP contribution in [-0.2, 0) is 24.9 Å². The highest BCUT2D eigenvalue weighted by molar-refractivity contribution is 7.93. The normalized spacial score (nSPS) is 22.4. The summed E-state index contributed by atoms with van der Waals surface area (Å²) in [7, 11) is -10.5. The summed E-state index contributed by atoms with van der Waals surface area (Å²) in [5.74, 6) is 0. The highest BCUT2D eigenvalue weighted by Gasteiger charge is 2.67. The van der Waals surface area contributed by atoms with Crippen LogP contribution in [0.1, 0.15) is 20.3 Å². The second-order valence-electron chi connectivity index (χ2n) is 4.59. The van der Waals surface area contributed by atoms with E-state index < -0.39 is 36.6 Å². The van der Waals surface area contributed by atoms with Gasteiger partial charge in [-0.1, -0.05) is 6.92 Å². The topological polar surface area (TPSA) is 101 Å². The third-order valence-electron chi connectivity index (χ3n) is 3.49. The van der Waals surface area contributed by atoms with Crippen molar-refractivity contribution in [2.75, 3.05) is 26.3 Å². The highest BCUT2D eigenvalue weighted by Crippen LogP contribution is 2.43. The van der Waals surface area contributed by atoms with Crippen LogP contribution in [0.2, 0.25) is 0 Å². The van der Waals surface area contributed by atoms with Crippen molar-refractivity contribution in [3.8, 4) is 0 Å².